The van der Waals surface area contributed by atoms with Crippen molar-refractivity contribution in [3.8, 4) is 0 Å². The van der Waals surface area contributed by atoms with E-state index in [0.717, 1.165) is 18.4 Å². The number of amides is 2. The van der Waals surface area contributed by atoms with Gasteiger partial charge in [-0.25, -0.2) is 14.4 Å². The molecule has 7 aliphatic rings. The zero-order valence-corrected chi connectivity index (χ0v) is 24.0. The number of aliphatic hydroxyl groups excluding tert-OH is 1. The van der Waals surface area contributed by atoms with Crippen molar-refractivity contribution in [3.05, 3.63) is 34.4 Å². The summed E-state index contributed by atoms with van der Waals surface area (Å²) in [5.74, 6) is -5.47. The molecule has 3 fully saturated rings. The Morgan fingerprint density at radius 2 is 2.00 bits per heavy atom. The van der Waals surface area contributed by atoms with Crippen molar-refractivity contribution in [1.29, 1.82) is 0 Å². The Hall–Kier alpha value is -3.55. The van der Waals surface area contributed by atoms with Gasteiger partial charge in [-0.1, -0.05) is 6.92 Å². The Labute approximate surface area is 246 Å². The molecule has 12 nitrogen and oxygen atoms in total. The first-order valence-electron chi connectivity index (χ1n) is 14.8. The number of allylic oxidation sites excluding steroid dienone is 2. The van der Waals surface area contributed by atoms with Gasteiger partial charge in [-0.2, -0.15) is 4.39 Å². The van der Waals surface area contributed by atoms with Crippen LogP contribution in [0.2, 0.25) is 0 Å². The third-order valence-corrected chi connectivity index (χ3v) is 10.3. The molecule has 0 spiro atoms. The van der Waals surface area contributed by atoms with Crippen LogP contribution >= 0.6 is 0 Å². The summed E-state index contributed by atoms with van der Waals surface area (Å²) in [6.45, 7) is 5.36. The predicted molar refractivity (Wildman–Crippen MR) is 147 cm³/mol. The second-order valence-corrected chi connectivity index (χ2v) is 13.2. The largest absolute Gasteiger partial charge is 0.477 e. The molecule has 2 saturated heterocycles. The van der Waals surface area contributed by atoms with Gasteiger partial charge in [0.15, 0.2) is 11.9 Å². The number of carbonyl (C=O) groups is 4. The van der Waals surface area contributed by atoms with Gasteiger partial charge < -0.3 is 30.3 Å². The summed E-state index contributed by atoms with van der Waals surface area (Å²) < 4.78 is 23.3. The minimum absolute atomic E-state index is 0.00222. The summed E-state index contributed by atoms with van der Waals surface area (Å²) in [4.78, 5) is 56.1. The van der Waals surface area contributed by atoms with Gasteiger partial charge in [0.25, 0.3) is 11.4 Å². The monoisotopic (exact) mass is 597 g/mol. The van der Waals surface area contributed by atoms with Crippen molar-refractivity contribution < 1.29 is 48.2 Å². The number of piperidine rings is 1. The van der Waals surface area contributed by atoms with Crippen molar-refractivity contribution in [2.24, 2.45) is 22.7 Å². The van der Waals surface area contributed by atoms with Gasteiger partial charge in [0.05, 0.1) is 24.1 Å². The van der Waals surface area contributed by atoms with Gasteiger partial charge in [-0.3, -0.25) is 9.79 Å². The van der Waals surface area contributed by atoms with E-state index >= 15 is 4.39 Å². The molecule has 0 radical (unpaired) electrons. The lowest BCUT2D eigenvalue weighted by atomic mass is 9.73. The average molecular weight is 598 g/mol. The maximum atomic E-state index is 15.8. The average Bonchev–Trinajstić information content (AvgIpc) is 3.75. The molecule has 13 heteroatoms. The number of aliphatic carboxylic acids is 2. The van der Waals surface area contributed by atoms with Crippen LogP contribution in [0, 0.1) is 17.8 Å². The first-order valence-corrected chi connectivity index (χ1v) is 14.8. The number of carbonyl (C=O) groups excluding carboxylic acids is 2. The van der Waals surface area contributed by atoms with Crippen LogP contribution in [-0.2, 0) is 23.9 Å². The Morgan fingerprint density at radius 1 is 1.28 bits per heavy atom. The zero-order valence-electron chi connectivity index (χ0n) is 24.0. The van der Waals surface area contributed by atoms with E-state index in [-0.39, 0.29) is 29.8 Å². The van der Waals surface area contributed by atoms with Crippen LogP contribution in [0.3, 0.4) is 0 Å². The van der Waals surface area contributed by atoms with Crippen molar-refractivity contribution in [2.45, 2.75) is 88.7 Å². The molecule has 5 unspecified atom stereocenters. The smallest absolute Gasteiger partial charge is 0.450 e. The van der Waals surface area contributed by atoms with Gasteiger partial charge in [0, 0.05) is 11.5 Å². The van der Waals surface area contributed by atoms with Crippen LogP contribution in [0.4, 0.5) is 4.39 Å². The molecule has 228 valence electrons. The molecule has 4 N–H and O–H groups in total. The molecule has 7 rings (SSSR count). The fraction of sp³-hybridized carbons (Fsp3) is 0.600. The molecule has 5 aliphatic heterocycles. The van der Waals surface area contributed by atoms with Crippen molar-refractivity contribution >= 4 is 35.2 Å². The van der Waals surface area contributed by atoms with E-state index in [2.05, 4.69) is 10.3 Å². The molecule has 1 saturated carbocycles. The van der Waals surface area contributed by atoms with Crippen molar-refractivity contribution in [2.75, 3.05) is 6.61 Å². The third kappa shape index (κ3) is 4.04. The fourth-order valence-corrected chi connectivity index (χ4v) is 8.09. The summed E-state index contributed by atoms with van der Waals surface area (Å²) in [5, 5.41) is 33.6. The number of fused-ring (bicyclic) bond motifs is 5. The Bertz CT molecular complexity index is 1550. The highest BCUT2D eigenvalue weighted by Gasteiger charge is 2.61. The number of rotatable bonds is 6. The second kappa shape index (κ2) is 9.47. The molecule has 43 heavy (non-hydrogen) atoms. The lowest BCUT2D eigenvalue weighted by molar-refractivity contribution is -0.421. The number of nitrogens with one attached hydrogen (secondary N) is 1. The number of ether oxygens (including phenoxy) is 1. The quantitative estimate of drug-likeness (QED) is 0.257. The zero-order chi connectivity index (χ0) is 30.7. The Kier molecular flexibility index (Phi) is 6.22. The number of carboxylic acids is 2. The minimum Gasteiger partial charge on any atom is -0.477 e. The number of carboxylic acid groups (broad SMARTS) is 2. The van der Waals surface area contributed by atoms with Crippen LogP contribution in [0.25, 0.3) is 0 Å². The van der Waals surface area contributed by atoms with Crippen LogP contribution < -0.4 is 5.32 Å². The van der Waals surface area contributed by atoms with Crippen LogP contribution in [0.1, 0.15) is 52.9 Å². The number of β-lactam (4-membered cyclic amide) rings is 1. The van der Waals surface area contributed by atoms with E-state index in [9.17, 15) is 34.5 Å². The molecular weight excluding hydrogens is 563 g/mol. The van der Waals surface area contributed by atoms with Gasteiger partial charge >= 0.3 is 17.8 Å². The summed E-state index contributed by atoms with van der Waals surface area (Å²) >= 11 is 0. The second-order valence-electron chi connectivity index (χ2n) is 13.2. The highest BCUT2D eigenvalue weighted by molar-refractivity contribution is 6.62. The van der Waals surface area contributed by atoms with Gasteiger partial charge in [0.1, 0.15) is 18.3 Å². The Morgan fingerprint density at radius 3 is 2.63 bits per heavy atom. The number of aliphatic hydroxyl groups is 1. The molecular formula is C30H34FN4O8+. The van der Waals surface area contributed by atoms with Crippen LogP contribution in [-0.4, -0.2) is 102 Å². The van der Waals surface area contributed by atoms with E-state index in [0.29, 0.717) is 30.5 Å². The number of halogens is 1. The molecule has 0 aromatic rings. The maximum Gasteiger partial charge on any atom is 0.450 e. The number of hydrogen-bond acceptors (Lipinski definition) is 8. The van der Waals surface area contributed by atoms with Crippen LogP contribution in [0.15, 0.2) is 39.4 Å². The van der Waals surface area contributed by atoms with Gasteiger partial charge in [-0.15, -0.1) is 4.58 Å². The first kappa shape index (κ1) is 28.2. The van der Waals surface area contributed by atoms with Crippen molar-refractivity contribution in [3.63, 3.8) is 0 Å². The maximum absolute atomic E-state index is 15.8. The molecule has 2 amide bonds. The Balaban J connectivity index is 1.21. The standard InChI is InChI=1S/C30H33FN4O8/c1-11-15(23(29(41)42)35-22(11)18(12(2)36)26(35)37)9-30(3)7-6-14-8-16(31)24-25(20(14)33-30)43-10-17-19(13-4-5-13)32-21(28(39)40)27(38)34(17)24/h8,11-13,18-20,22,25,33,36H,4-7,9-10H2,1-3H3,(H-,39,40,41,42)/p+1/t11-,12?,18+,19?,20?,22+,25?,30?/m0/s1. The highest BCUT2D eigenvalue weighted by atomic mass is 19.1. The van der Waals surface area contributed by atoms with E-state index < -0.39 is 77.1 Å². The fourth-order valence-electron chi connectivity index (χ4n) is 8.09. The highest BCUT2D eigenvalue weighted by Crippen LogP contribution is 2.50. The normalized spacial score (nSPS) is 37.7. The number of hydrogen-bond donors (Lipinski definition) is 4. The summed E-state index contributed by atoms with van der Waals surface area (Å²) in [5.41, 5.74) is 0.423. The molecule has 8 atom stereocenters. The van der Waals surface area contributed by atoms with Gasteiger partial charge in [-0.05, 0) is 69.1 Å². The molecule has 5 heterocycles. The summed E-state index contributed by atoms with van der Waals surface area (Å²) in [6.07, 6.45) is 2.55. The lowest BCUT2D eigenvalue weighted by Gasteiger charge is -2.47. The topological polar surface area (TPSA) is 169 Å². The lowest BCUT2D eigenvalue weighted by Crippen LogP contribution is -2.63. The first-order chi connectivity index (χ1) is 20.3. The summed E-state index contributed by atoms with van der Waals surface area (Å²) in [6, 6.07) is -1.55. The number of aliphatic imine (C=N–C) groups is 1. The molecule has 2 aliphatic carbocycles. The van der Waals surface area contributed by atoms with Crippen molar-refractivity contribution in [1.82, 2.24) is 10.2 Å². The minimum atomic E-state index is -1.46. The van der Waals surface area contributed by atoms with Gasteiger partial charge in [0.2, 0.25) is 11.6 Å². The van der Waals surface area contributed by atoms with E-state index in [1.54, 1.807) is 0 Å². The SMILES string of the molecule is CC(O)[C@H]1C(=O)N2C(C(=O)O)=C(CC3(C)CCC4=CC(F)=C5C(OCC6=[N+]5C(=O)C(C(=O)O)=NC6C5CC5)C4N3)[C@H](C)[C@H]12. The number of nitrogens with zero attached hydrogens (tertiary/aromatic N) is 3. The molecule has 0 aromatic carbocycles. The third-order valence-electron chi connectivity index (χ3n) is 10.3. The van der Waals surface area contributed by atoms with E-state index in [1.165, 1.54) is 22.5 Å². The van der Waals surface area contributed by atoms with Crippen LogP contribution in [0.5, 0.6) is 0 Å². The summed E-state index contributed by atoms with van der Waals surface area (Å²) in [7, 11) is 0. The molecule has 0 aromatic heterocycles. The van der Waals surface area contributed by atoms with E-state index in [1.807, 2.05) is 13.8 Å². The molecule has 0 bridgehead atoms. The predicted octanol–water partition coefficient (Wildman–Crippen LogP) is 0.901. The van der Waals surface area contributed by atoms with E-state index in [4.69, 9.17) is 4.74 Å².